The molecule has 1 aliphatic rings. The van der Waals surface area contributed by atoms with Gasteiger partial charge >= 0.3 is 0 Å². The largest absolute Gasteiger partial charge is 0.355 e. The van der Waals surface area contributed by atoms with E-state index in [0.29, 0.717) is 13.0 Å². The number of likely N-dealkylation sites (N-methyl/N-ethyl adjacent to an activating group) is 1. The Morgan fingerprint density at radius 1 is 1.18 bits per heavy atom. The van der Waals surface area contributed by atoms with Gasteiger partial charge in [0, 0.05) is 13.1 Å². The van der Waals surface area contributed by atoms with Crippen LogP contribution < -0.4 is 10.6 Å². The molecule has 1 aromatic carbocycles. The number of carbonyl (C=O) groups is 2. The van der Waals surface area contributed by atoms with Crippen molar-refractivity contribution in [3.8, 4) is 0 Å². The van der Waals surface area contributed by atoms with Crippen LogP contribution in [-0.4, -0.2) is 43.9 Å². The molecule has 0 aliphatic heterocycles. The maximum absolute atomic E-state index is 12.2. The van der Waals surface area contributed by atoms with E-state index in [-0.39, 0.29) is 29.7 Å². The lowest BCUT2D eigenvalue weighted by molar-refractivity contribution is -0.127. The number of amides is 2. The SMILES string of the molecule is CC(NC(=O)C1CC1C(=O)NCCN(C)C)c1ccccc1. The van der Waals surface area contributed by atoms with Crippen molar-refractivity contribution in [2.75, 3.05) is 27.2 Å². The van der Waals surface area contributed by atoms with Gasteiger partial charge in [0.2, 0.25) is 11.8 Å². The van der Waals surface area contributed by atoms with Crippen LogP contribution in [0.25, 0.3) is 0 Å². The smallest absolute Gasteiger partial charge is 0.224 e. The molecular weight excluding hydrogens is 278 g/mol. The molecule has 0 saturated heterocycles. The minimum atomic E-state index is -0.175. The van der Waals surface area contributed by atoms with Crippen molar-refractivity contribution in [2.24, 2.45) is 11.8 Å². The van der Waals surface area contributed by atoms with E-state index in [1.807, 2.05) is 56.3 Å². The third kappa shape index (κ3) is 4.56. The summed E-state index contributed by atoms with van der Waals surface area (Å²) in [6.07, 6.45) is 0.654. The lowest BCUT2D eigenvalue weighted by Gasteiger charge is -2.14. The molecule has 5 nitrogen and oxygen atoms in total. The number of hydrogen-bond donors (Lipinski definition) is 2. The molecule has 0 radical (unpaired) electrons. The Bertz CT molecular complexity index is 516. The molecule has 120 valence electrons. The van der Waals surface area contributed by atoms with Crippen molar-refractivity contribution in [2.45, 2.75) is 19.4 Å². The maximum Gasteiger partial charge on any atom is 0.224 e. The molecule has 2 rings (SSSR count). The van der Waals surface area contributed by atoms with Crippen LogP contribution in [0.3, 0.4) is 0 Å². The molecule has 0 spiro atoms. The van der Waals surface area contributed by atoms with Crippen molar-refractivity contribution in [3.05, 3.63) is 35.9 Å². The molecule has 1 fully saturated rings. The van der Waals surface area contributed by atoms with Crippen molar-refractivity contribution in [3.63, 3.8) is 0 Å². The highest BCUT2D eigenvalue weighted by Gasteiger charge is 2.48. The van der Waals surface area contributed by atoms with E-state index in [1.54, 1.807) is 0 Å². The first-order valence-electron chi connectivity index (χ1n) is 7.77. The molecule has 0 bridgehead atoms. The van der Waals surface area contributed by atoms with Gasteiger partial charge in [-0.15, -0.1) is 0 Å². The summed E-state index contributed by atoms with van der Waals surface area (Å²) in [5, 5.41) is 5.88. The number of hydrogen-bond acceptors (Lipinski definition) is 3. The summed E-state index contributed by atoms with van der Waals surface area (Å²) in [5.74, 6) is -0.367. The van der Waals surface area contributed by atoms with Crippen molar-refractivity contribution < 1.29 is 9.59 Å². The molecule has 3 atom stereocenters. The number of nitrogens with one attached hydrogen (secondary N) is 2. The number of carbonyl (C=O) groups excluding carboxylic acids is 2. The summed E-state index contributed by atoms with van der Waals surface area (Å²) < 4.78 is 0. The van der Waals surface area contributed by atoms with Crippen LogP contribution in [0, 0.1) is 11.8 Å². The lowest BCUT2D eigenvalue weighted by atomic mass is 10.1. The predicted octanol–water partition coefficient (Wildman–Crippen LogP) is 1.18. The highest BCUT2D eigenvalue weighted by atomic mass is 16.2. The fourth-order valence-corrected chi connectivity index (χ4v) is 2.45. The highest BCUT2D eigenvalue weighted by molar-refractivity contribution is 5.92. The average molecular weight is 303 g/mol. The fraction of sp³-hybridized carbons (Fsp3) is 0.529. The topological polar surface area (TPSA) is 61.4 Å². The van der Waals surface area contributed by atoms with Crippen molar-refractivity contribution in [1.82, 2.24) is 15.5 Å². The third-order valence-corrected chi connectivity index (χ3v) is 3.98. The molecule has 2 amide bonds. The van der Waals surface area contributed by atoms with Crippen LogP contribution in [0.2, 0.25) is 0 Å². The second-order valence-electron chi connectivity index (χ2n) is 6.18. The van der Waals surface area contributed by atoms with Gasteiger partial charge in [-0.05, 0) is 33.0 Å². The second kappa shape index (κ2) is 7.40. The van der Waals surface area contributed by atoms with Gasteiger partial charge in [-0.25, -0.2) is 0 Å². The highest BCUT2D eigenvalue weighted by Crippen LogP contribution is 2.39. The first-order chi connectivity index (χ1) is 10.5. The molecule has 2 N–H and O–H groups in total. The quantitative estimate of drug-likeness (QED) is 0.795. The average Bonchev–Trinajstić information content (AvgIpc) is 3.28. The van der Waals surface area contributed by atoms with Gasteiger partial charge in [0.05, 0.1) is 17.9 Å². The minimum Gasteiger partial charge on any atom is -0.355 e. The maximum atomic E-state index is 12.2. The minimum absolute atomic E-state index is 0.00522. The van der Waals surface area contributed by atoms with E-state index in [2.05, 4.69) is 10.6 Å². The third-order valence-electron chi connectivity index (χ3n) is 3.98. The van der Waals surface area contributed by atoms with E-state index in [4.69, 9.17) is 0 Å². The van der Waals surface area contributed by atoms with E-state index in [0.717, 1.165) is 12.1 Å². The normalized spacial score (nSPS) is 21.3. The van der Waals surface area contributed by atoms with Gasteiger partial charge < -0.3 is 15.5 Å². The van der Waals surface area contributed by atoms with Crippen LogP contribution >= 0.6 is 0 Å². The number of rotatable bonds is 7. The lowest BCUT2D eigenvalue weighted by Crippen LogP contribution is -2.34. The molecular formula is C17H25N3O2. The fourth-order valence-electron chi connectivity index (χ4n) is 2.45. The van der Waals surface area contributed by atoms with Crippen LogP contribution in [0.1, 0.15) is 24.9 Å². The summed E-state index contributed by atoms with van der Waals surface area (Å²) in [7, 11) is 3.93. The van der Waals surface area contributed by atoms with Gasteiger partial charge in [-0.1, -0.05) is 30.3 Å². The Labute approximate surface area is 132 Å². The predicted molar refractivity (Wildman–Crippen MR) is 86.2 cm³/mol. The van der Waals surface area contributed by atoms with E-state index in [9.17, 15) is 9.59 Å². The number of benzene rings is 1. The molecule has 1 saturated carbocycles. The van der Waals surface area contributed by atoms with Crippen LogP contribution in [0.15, 0.2) is 30.3 Å². The van der Waals surface area contributed by atoms with Gasteiger partial charge in [0.15, 0.2) is 0 Å². The molecule has 1 aromatic rings. The Kier molecular flexibility index (Phi) is 5.55. The molecule has 22 heavy (non-hydrogen) atoms. The Morgan fingerprint density at radius 3 is 2.45 bits per heavy atom. The van der Waals surface area contributed by atoms with Crippen LogP contribution in [0.5, 0.6) is 0 Å². The Hall–Kier alpha value is -1.88. The molecule has 5 heteroatoms. The Morgan fingerprint density at radius 2 is 1.82 bits per heavy atom. The monoisotopic (exact) mass is 303 g/mol. The van der Waals surface area contributed by atoms with E-state index < -0.39 is 0 Å². The van der Waals surface area contributed by atoms with Gasteiger partial charge in [0.1, 0.15) is 0 Å². The molecule has 3 unspecified atom stereocenters. The van der Waals surface area contributed by atoms with Gasteiger partial charge in [0.25, 0.3) is 0 Å². The summed E-state index contributed by atoms with van der Waals surface area (Å²) in [6, 6.07) is 9.80. The summed E-state index contributed by atoms with van der Waals surface area (Å²) in [5.41, 5.74) is 1.07. The molecule has 1 aliphatic carbocycles. The summed E-state index contributed by atoms with van der Waals surface area (Å²) in [4.78, 5) is 26.1. The zero-order valence-corrected chi connectivity index (χ0v) is 13.5. The molecule has 0 aromatic heterocycles. The van der Waals surface area contributed by atoms with Gasteiger partial charge in [-0.3, -0.25) is 9.59 Å². The van der Waals surface area contributed by atoms with Crippen molar-refractivity contribution >= 4 is 11.8 Å². The van der Waals surface area contributed by atoms with E-state index in [1.165, 1.54) is 0 Å². The Balaban J connectivity index is 1.75. The van der Waals surface area contributed by atoms with Crippen LogP contribution in [-0.2, 0) is 9.59 Å². The summed E-state index contributed by atoms with van der Waals surface area (Å²) in [6.45, 7) is 3.39. The summed E-state index contributed by atoms with van der Waals surface area (Å²) >= 11 is 0. The van der Waals surface area contributed by atoms with Crippen molar-refractivity contribution in [1.29, 1.82) is 0 Å². The first kappa shape index (κ1) is 16.5. The standard InChI is InChI=1S/C17H25N3O2/c1-12(13-7-5-4-6-8-13)19-17(22)15-11-14(15)16(21)18-9-10-20(2)3/h4-8,12,14-15H,9-11H2,1-3H3,(H,18,21)(H,19,22). The second-order valence-corrected chi connectivity index (χ2v) is 6.18. The van der Waals surface area contributed by atoms with E-state index >= 15 is 0 Å². The number of nitrogens with zero attached hydrogens (tertiary/aromatic N) is 1. The van der Waals surface area contributed by atoms with Gasteiger partial charge in [-0.2, -0.15) is 0 Å². The molecule has 0 heterocycles. The zero-order valence-electron chi connectivity index (χ0n) is 13.5. The first-order valence-corrected chi connectivity index (χ1v) is 7.77. The van der Waals surface area contributed by atoms with Crippen LogP contribution in [0.4, 0.5) is 0 Å². The zero-order chi connectivity index (χ0) is 16.1.